The van der Waals surface area contributed by atoms with Crippen LogP contribution in [0.1, 0.15) is 44.5 Å². The van der Waals surface area contributed by atoms with E-state index in [1.165, 1.54) is 99.4 Å². The van der Waals surface area contributed by atoms with Gasteiger partial charge in [0.25, 0.3) is 0 Å². The molecule has 0 fully saturated rings. The molecule has 4 aliphatic carbocycles. The lowest BCUT2D eigenvalue weighted by molar-refractivity contribution is 1.16. The SMILES string of the molecule is c1ccc2cc3c(cc2c1)Cc1cc2c(cc1-3)Cc1cc3c(cc1-2)Cc1c-3ccc2c1Cc1cc3ccccc3cc1-2. The van der Waals surface area contributed by atoms with Gasteiger partial charge in [0, 0.05) is 0 Å². The molecule has 0 unspecified atom stereocenters. The molecule has 11 rings (SSSR count). The molecule has 0 nitrogen and oxygen atoms in total. The highest BCUT2D eigenvalue weighted by Crippen LogP contribution is 2.51. The normalized spacial score (nSPS) is 14.3. The van der Waals surface area contributed by atoms with Crippen molar-refractivity contribution in [3.05, 3.63) is 154 Å². The summed E-state index contributed by atoms with van der Waals surface area (Å²) >= 11 is 0. The monoisotopic (exact) mass is 530 g/mol. The minimum atomic E-state index is 1.03. The van der Waals surface area contributed by atoms with Crippen LogP contribution in [0.5, 0.6) is 0 Å². The van der Waals surface area contributed by atoms with Crippen LogP contribution in [-0.2, 0) is 25.7 Å². The van der Waals surface area contributed by atoms with Crippen LogP contribution in [0.15, 0.2) is 109 Å². The molecule has 0 spiro atoms. The van der Waals surface area contributed by atoms with Crippen LogP contribution in [0.2, 0.25) is 0 Å². The molecule has 0 radical (unpaired) electrons. The Kier molecular flexibility index (Phi) is 3.87. The predicted molar refractivity (Wildman–Crippen MR) is 174 cm³/mol. The predicted octanol–water partition coefficient (Wildman–Crippen LogP) is 10.3. The van der Waals surface area contributed by atoms with Crippen molar-refractivity contribution in [2.45, 2.75) is 25.7 Å². The summed E-state index contributed by atoms with van der Waals surface area (Å²) in [6, 6.07) is 42.1. The van der Waals surface area contributed by atoms with Crippen molar-refractivity contribution < 1.29 is 0 Å². The second-order valence-electron chi connectivity index (χ2n) is 12.9. The molecule has 7 aromatic carbocycles. The Bertz CT molecular complexity index is 2380. The molecule has 0 heteroatoms. The van der Waals surface area contributed by atoms with E-state index < -0.39 is 0 Å². The average Bonchev–Trinajstić information content (AvgIpc) is 3.76. The second-order valence-corrected chi connectivity index (χ2v) is 12.9. The number of hydrogen-bond donors (Lipinski definition) is 0. The fourth-order valence-electron chi connectivity index (χ4n) is 8.73. The van der Waals surface area contributed by atoms with E-state index in [2.05, 4.69) is 109 Å². The molecule has 7 aromatic rings. The highest BCUT2D eigenvalue weighted by Gasteiger charge is 2.31. The number of fused-ring (bicyclic) bond motifs is 15. The van der Waals surface area contributed by atoms with Crippen molar-refractivity contribution in [1.82, 2.24) is 0 Å². The summed E-state index contributed by atoms with van der Waals surface area (Å²) < 4.78 is 0. The first-order chi connectivity index (χ1) is 20.7. The molecule has 0 amide bonds. The van der Waals surface area contributed by atoms with Gasteiger partial charge in [-0.3, -0.25) is 0 Å². The first-order valence-corrected chi connectivity index (χ1v) is 15.3. The summed E-state index contributed by atoms with van der Waals surface area (Å²) in [6.45, 7) is 0. The van der Waals surface area contributed by atoms with E-state index in [1.807, 2.05) is 0 Å². The lowest BCUT2D eigenvalue weighted by atomic mass is 9.95. The van der Waals surface area contributed by atoms with Crippen LogP contribution >= 0.6 is 0 Å². The molecule has 0 bridgehead atoms. The second kappa shape index (κ2) is 7.46. The first kappa shape index (κ1) is 21.8. The molecule has 194 valence electrons. The van der Waals surface area contributed by atoms with Crippen molar-refractivity contribution in [2.75, 3.05) is 0 Å². The van der Waals surface area contributed by atoms with Crippen LogP contribution in [-0.4, -0.2) is 0 Å². The van der Waals surface area contributed by atoms with E-state index in [4.69, 9.17) is 0 Å². The Morgan fingerprint density at radius 2 is 0.571 bits per heavy atom. The average molecular weight is 531 g/mol. The Balaban J connectivity index is 0.998. The highest BCUT2D eigenvalue weighted by atomic mass is 14.3. The topological polar surface area (TPSA) is 0 Å². The molecule has 4 aliphatic rings. The van der Waals surface area contributed by atoms with Gasteiger partial charge in [-0.2, -0.15) is 0 Å². The zero-order valence-electron chi connectivity index (χ0n) is 23.2. The van der Waals surface area contributed by atoms with Crippen LogP contribution in [0.25, 0.3) is 66.1 Å². The van der Waals surface area contributed by atoms with Gasteiger partial charge < -0.3 is 0 Å². The molecular weight excluding hydrogens is 504 g/mol. The van der Waals surface area contributed by atoms with E-state index in [1.54, 1.807) is 11.1 Å². The van der Waals surface area contributed by atoms with Crippen molar-refractivity contribution in [3.8, 4) is 44.5 Å². The lowest BCUT2D eigenvalue weighted by Gasteiger charge is -2.09. The van der Waals surface area contributed by atoms with Crippen molar-refractivity contribution in [2.24, 2.45) is 0 Å². The van der Waals surface area contributed by atoms with Gasteiger partial charge in [0.2, 0.25) is 0 Å². The fourth-order valence-corrected chi connectivity index (χ4v) is 8.73. The van der Waals surface area contributed by atoms with Gasteiger partial charge >= 0.3 is 0 Å². The molecule has 0 N–H and O–H groups in total. The molecule has 0 heterocycles. The van der Waals surface area contributed by atoms with Crippen molar-refractivity contribution in [3.63, 3.8) is 0 Å². The fraction of sp³-hybridized carbons (Fsp3) is 0.0952. The Morgan fingerprint density at radius 1 is 0.262 bits per heavy atom. The standard InChI is InChI=1S/C42H26/c1-4-8-26-16-37-27(11-23(26)5-1)13-29-18-39-31(19-38(29)37)14-30-17-36-32(20-40(30)39)22-42-34(36)10-9-33-35-15-25-7-3-2-6-24(25)12-28(35)21-41(33)42/h1-12,15-20H,13-14,21-22H2. The molecule has 0 saturated carbocycles. The van der Waals surface area contributed by atoms with Gasteiger partial charge in [-0.1, -0.05) is 72.8 Å². The van der Waals surface area contributed by atoms with Gasteiger partial charge in [0.05, 0.1) is 0 Å². The Hall–Kier alpha value is -4.94. The third-order valence-electron chi connectivity index (χ3n) is 10.7. The zero-order chi connectivity index (χ0) is 27.1. The lowest BCUT2D eigenvalue weighted by Crippen LogP contribution is -1.91. The van der Waals surface area contributed by atoms with E-state index in [-0.39, 0.29) is 0 Å². The third kappa shape index (κ3) is 2.73. The van der Waals surface area contributed by atoms with Crippen LogP contribution in [0.4, 0.5) is 0 Å². The van der Waals surface area contributed by atoms with Gasteiger partial charge in [-0.05, 0) is 173 Å². The summed E-state index contributed by atoms with van der Waals surface area (Å²) in [6.07, 6.45) is 4.17. The summed E-state index contributed by atoms with van der Waals surface area (Å²) in [7, 11) is 0. The smallest absolute Gasteiger partial charge is 0.00102 e. The maximum Gasteiger partial charge on any atom is -0.00102 e. The van der Waals surface area contributed by atoms with Gasteiger partial charge in [-0.15, -0.1) is 0 Å². The largest absolute Gasteiger partial charge is 0.0616 e. The van der Waals surface area contributed by atoms with Crippen molar-refractivity contribution >= 4 is 21.5 Å². The maximum atomic E-state index is 2.54. The van der Waals surface area contributed by atoms with E-state index >= 15 is 0 Å². The summed E-state index contributed by atoms with van der Waals surface area (Å²) in [5.74, 6) is 0. The van der Waals surface area contributed by atoms with Gasteiger partial charge in [0.1, 0.15) is 0 Å². The minimum absolute atomic E-state index is 1.03. The molecule has 0 saturated heterocycles. The first-order valence-electron chi connectivity index (χ1n) is 15.3. The Labute approximate surface area is 244 Å². The van der Waals surface area contributed by atoms with Crippen LogP contribution in [0.3, 0.4) is 0 Å². The number of rotatable bonds is 0. The third-order valence-corrected chi connectivity index (χ3v) is 10.7. The number of hydrogen-bond acceptors (Lipinski definition) is 0. The summed E-state index contributed by atoms with van der Waals surface area (Å²) in [5.41, 5.74) is 23.6. The zero-order valence-corrected chi connectivity index (χ0v) is 23.2. The van der Waals surface area contributed by atoms with Crippen LogP contribution < -0.4 is 0 Å². The van der Waals surface area contributed by atoms with E-state index in [9.17, 15) is 0 Å². The summed E-state index contributed by atoms with van der Waals surface area (Å²) in [5, 5.41) is 5.37. The Morgan fingerprint density at radius 3 is 1.05 bits per heavy atom. The minimum Gasteiger partial charge on any atom is -0.0616 e. The highest BCUT2D eigenvalue weighted by molar-refractivity contribution is 5.96. The summed E-state index contributed by atoms with van der Waals surface area (Å²) in [4.78, 5) is 0. The van der Waals surface area contributed by atoms with Crippen molar-refractivity contribution in [1.29, 1.82) is 0 Å². The van der Waals surface area contributed by atoms with E-state index in [0.717, 1.165) is 25.7 Å². The molecule has 0 atom stereocenters. The van der Waals surface area contributed by atoms with E-state index in [0.29, 0.717) is 0 Å². The quantitative estimate of drug-likeness (QED) is 0.183. The van der Waals surface area contributed by atoms with Crippen LogP contribution in [0, 0.1) is 0 Å². The molecule has 42 heavy (non-hydrogen) atoms. The molecular formula is C42H26. The molecule has 0 aromatic heterocycles. The van der Waals surface area contributed by atoms with Gasteiger partial charge in [0.15, 0.2) is 0 Å². The number of benzene rings is 7. The maximum absolute atomic E-state index is 2.54. The van der Waals surface area contributed by atoms with Gasteiger partial charge in [-0.25, -0.2) is 0 Å². The molecule has 0 aliphatic heterocycles.